The van der Waals surface area contributed by atoms with Gasteiger partial charge in [-0.3, -0.25) is 24.1 Å². The molecule has 3 aliphatic carbocycles. The second kappa shape index (κ2) is 14.2. The molecule has 1 aliphatic heterocycles. The maximum atomic E-state index is 14.5. The number of fused-ring (bicyclic) bond motifs is 3. The van der Waals surface area contributed by atoms with E-state index in [2.05, 4.69) is 10.6 Å². The molecule has 4 aliphatic rings. The largest absolute Gasteiger partial charge is 0.508 e. The number of carbonyl (C=O) groups excluding carboxylic acids is 4. The van der Waals surface area contributed by atoms with Gasteiger partial charge >= 0.3 is 5.97 Å². The monoisotopic (exact) mass is 761 g/mol. The van der Waals surface area contributed by atoms with Crippen LogP contribution in [0.4, 0.5) is 11.4 Å². The number of benzene rings is 1. The molecule has 296 valence electrons. The number of primary amides is 1. The lowest BCUT2D eigenvalue weighted by Gasteiger charge is -2.50. The number of nitrogens with one attached hydrogen (secondary N) is 2. The van der Waals surface area contributed by atoms with Gasteiger partial charge in [-0.2, -0.15) is 0 Å². The lowest BCUT2D eigenvalue weighted by molar-refractivity contribution is -0.271. The van der Waals surface area contributed by atoms with Crippen molar-refractivity contribution in [2.24, 2.45) is 17.6 Å². The van der Waals surface area contributed by atoms with Crippen LogP contribution < -0.4 is 26.0 Å². The van der Waals surface area contributed by atoms with Crippen LogP contribution in [0.2, 0.25) is 0 Å². The summed E-state index contributed by atoms with van der Waals surface area (Å²) in [6, 6.07) is 0.181. The van der Waals surface area contributed by atoms with Crippen LogP contribution in [-0.2, 0) is 35.1 Å². The maximum absolute atomic E-state index is 14.5. The number of anilines is 2. The molecule has 0 unspecified atom stereocenters. The summed E-state index contributed by atoms with van der Waals surface area (Å²) in [6.07, 6.45) is -10.6. The molecule has 54 heavy (non-hydrogen) atoms. The molecule has 1 heterocycles. The number of carboxylic acids is 1. The highest BCUT2D eigenvalue weighted by Gasteiger charge is 2.64. The third-order valence-electron chi connectivity index (χ3n) is 10.3. The average Bonchev–Trinajstić information content (AvgIpc) is 3.05. The van der Waals surface area contributed by atoms with Crippen molar-refractivity contribution in [1.29, 1.82) is 0 Å². The van der Waals surface area contributed by atoms with Gasteiger partial charge in [0.1, 0.15) is 35.4 Å². The highest BCUT2D eigenvalue weighted by atomic mass is 16.7. The van der Waals surface area contributed by atoms with Gasteiger partial charge in [0.05, 0.1) is 23.8 Å². The summed E-state index contributed by atoms with van der Waals surface area (Å²) in [4.78, 5) is 68.7. The number of ketones is 2. The molecule has 19 nitrogen and oxygen atoms in total. The Kier molecular flexibility index (Phi) is 10.7. The van der Waals surface area contributed by atoms with E-state index in [-0.39, 0.29) is 30.6 Å². The number of aliphatic hydroxyl groups is 6. The van der Waals surface area contributed by atoms with Crippen molar-refractivity contribution in [3.8, 4) is 5.75 Å². The fourth-order valence-electron chi connectivity index (χ4n) is 7.70. The molecule has 0 radical (unpaired) electrons. The molecular weight excluding hydrogens is 714 g/mol. The summed E-state index contributed by atoms with van der Waals surface area (Å²) in [6.45, 7) is 5.23. The van der Waals surface area contributed by atoms with Gasteiger partial charge in [-0.1, -0.05) is 0 Å². The first kappa shape index (κ1) is 40.6. The highest BCUT2D eigenvalue weighted by Crippen LogP contribution is 2.55. The van der Waals surface area contributed by atoms with Crippen LogP contribution in [0.5, 0.6) is 5.75 Å². The van der Waals surface area contributed by atoms with Gasteiger partial charge in [0.2, 0.25) is 18.0 Å². The first-order valence-electron chi connectivity index (χ1n) is 17.1. The normalized spacial score (nSPS) is 31.1. The molecule has 0 aromatic heterocycles. The molecule has 2 amide bonds. The molecule has 1 saturated heterocycles. The lowest BCUT2D eigenvalue weighted by atomic mass is 9.57. The number of Topliss-reactive ketones (excluding diaryl/α,β-unsaturated/α-hetero) is 2. The SMILES string of the molecule is CN(C)c1cc(NC(=O)CNC(C)(C)C)c(O[C@@H]2O[C@H](C(=O)O)[C@@H](O)[C@H](O)[C@H]2O)c2c1C[C@H]1C[C@H]3[C@H](N(C)C)C(=O)C(C(N)=O)=C(O)[C@@]3(O)C(=O)C1=C2O. The average molecular weight is 762 g/mol. The van der Waals surface area contributed by atoms with Gasteiger partial charge in [-0.15, -0.1) is 0 Å². The summed E-state index contributed by atoms with van der Waals surface area (Å²) in [5, 5.41) is 82.5. The topological polar surface area (TPSA) is 302 Å². The zero-order chi connectivity index (χ0) is 40.5. The summed E-state index contributed by atoms with van der Waals surface area (Å²) in [7, 11) is 6.29. The number of hydrogen-bond donors (Lipinski definition) is 10. The van der Waals surface area contributed by atoms with E-state index in [1.165, 1.54) is 25.1 Å². The molecule has 2 fully saturated rings. The third kappa shape index (κ3) is 6.69. The van der Waals surface area contributed by atoms with Crippen LogP contribution in [0.25, 0.3) is 5.76 Å². The number of carbonyl (C=O) groups is 5. The van der Waals surface area contributed by atoms with Crippen LogP contribution in [0, 0.1) is 11.8 Å². The molecule has 0 bridgehead atoms. The van der Waals surface area contributed by atoms with E-state index >= 15 is 0 Å². The minimum absolute atomic E-state index is 0.0641. The van der Waals surface area contributed by atoms with Gasteiger partial charge in [-0.25, -0.2) is 4.79 Å². The molecule has 19 heteroatoms. The number of hydrogen-bond acceptors (Lipinski definition) is 16. The molecule has 1 aromatic rings. The van der Waals surface area contributed by atoms with Crippen LogP contribution in [0.3, 0.4) is 0 Å². The Labute approximate surface area is 309 Å². The van der Waals surface area contributed by atoms with E-state index < -0.39 is 117 Å². The van der Waals surface area contributed by atoms with Crippen molar-refractivity contribution in [2.45, 2.75) is 81.5 Å². The first-order valence-corrected chi connectivity index (χ1v) is 17.1. The van der Waals surface area contributed by atoms with Gasteiger partial charge in [0.25, 0.3) is 5.91 Å². The zero-order valence-corrected chi connectivity index (χ0v) is 30.8. The van der Waals surface area contributed by atoms with Gasteiger partial charge in [0.15, 0.2) is 23.2 Å². The predicted molar refractivity (Wildman–Crippen MR) is 188 cm³/mol. The number of aliphatic carboxylic acids is 1. The fourth-order valence-corrected chi connectivity index (χ4v) is 7.70. The van der Waals surface area contributed by atoms with Crippen molar-refractivity contribution < 1.29 is 69.2 Å². The minimum atomic E-state index is -2.90. The summed E-state index contributed by atoms with van der Waals surface area (Å²) >= 11 is 0. The summed E-state index contributed by atoms with van der Waals surface area (Å²) in [5.41, 5.74) is 0.901. The lowest BCUT2D eigenvalue weighted by Crippen LogP contribution is -2.65. The molecular formula is C35H47N5O14. The Morgan fingerprint density at radius 3 is 2.22 bits per heavy atom. The van der Waals surface area contributed by atoms with Crippen molar-refractivity contribution in [2.75, 3.05) is 45.0 Å². The number of rotatable bonds is 9. The van der Waals surface area contributed by atoms with Crippen molar-refractivity contribution in [1.82, 2.24) is 10.2 Å². The molecule has 0 spiro atoms. The number of likely N-dealkylation sites (N-methyl/N-ethyl adjacent to an activating group) is 1. The van der Waals surface area contributed by atoms with E-state index in [0.717, 1.165) is 0 Å². The Morgan fingerprint density at radius 2 is 1.69 bits per heavy atom. The van der Waals surface area contributed by atoms with Gasteiger partial charge in [-0.05, 0) is 65.3 Å². The fraction of sp³-hybridized carbons (Fsp3) is 0.571. The summed E-state index contributed by atoms with van der Waals surface area (Å²) in [5.74, 6) is -10.6. The van der Waals surface area contributed by atoms with Crippen LogP contribution in [0.1, 0.15) is 38.3 Å². The smallest absolute Gasteiger partial charge is 0.335 e. The van der Waals surface area contributed by atoms with Crippen molar-refractivity contribution in [3.05, 3.63) is 34.1 Å². The molecule has 11 N–H and O–H groups in total. The second-order valence-electron chi connectivity index (χ2n) is 15.5. The number of nitrogens with two attached hydrogens (primary N) is 1. The van der Waals surface area contributed by atoms with Crippen molar-refractivity contribution in [3.63, 3.8) is 0 Å². The maximum Gasteiger partial charge on any atom is 0.335 e. The Balaban J connectivity index is 1.76. The van der Waals surface area contributed by atoms with Gasteiger partial charge < -0.3 is 66.5 Å². The van der Waals surface area contributed by atoms with Gasteiger partial charge in [0, 0.05) is 36.8 Å². The Bertz CT molecular complexity index is 1850. The standard InChI is InChI=1S/C35H47N5O14/c1-34(2,3)37-11-17(41)38-15-10-16(39(4)5)13-8-12-9-14-21(40(6)7)23(43)20(31(36)49)30(48)35(14,52)29(47)18(12)22(42)19(13)27(15)53-33-26(46)24(44)25(45)28(54-33)32(50)51/h10,12,14,21,24-26,28,33,37,42,44-46,48,52H,8-9,11H2,1-7H3,(H2,36,49)(H,38,41)(H,50,51)/t12-,14-,21-,24-,25-,26+,28-,33+,35-/m0/s1. The summed E-state index contributed by atoms with van der Waals surface area (Å²) < 4.78 is 11.4. The second-order valence-corrected chi connectivity index (χ2v) is 15.5. The van der Waals surface area contributed by atoms with E-state index in [0.29, 0.717) is 11.3 Å². The third-order valence-corrected chi connectivity index (χ3v) is 10.3. The number of ether oxygens (including phenoxy) is 2. The quantitative estimate of drug-likeness (QED) is 0.121. The highest BCUT2D eigenvalue weighted by molar-refractivity contribution is 6.24. The molecule has 1 aromatic carbocycles. The number of nitrogens with zero attached hydrogens (tertiary/aromatic N) is 2. The van der Waals surface area contributed by atoms with Crippen molar-refractivity contribution >= 4 is 46.5 Å². The molecule has 5 rings (SSSR count). The van der Waals surface area contributed by atoms with E-state index in [1.54, 1.807) is 19.0 Å². The zero-order valence-electron chi connectivity index (χ0n) is 30.8. The van der Waals surface area contributed by atoms with E-state index in [9.17, 15) is 59.7 Å². The van der Waals surface area contributed by atoms with E-state index in [1.807, 2.05) is 20.8 Å². The Morgan fingerprint density at radius 1 is 1.06 bits per heavy atom. The number of amides is 2. The molecule has 9 atom stereocenters. The Hall–Kier alpha value is -4.63. The first-order chi connectivity index (χ1) is 24.9. The van der Waals surface area contributed by atoms with Crippen LogP contribution in [-0.4, -0.2) is 153 Å². The van der Waals surface area contributed by atoms with Crippen LogP contribution in [0.15, 0.2) is 23.0 Å². The minimum Gasteiger partial charge on any atom is -0.508 e. The number of carboxylic acid groups (broad SMARTS) is 1. The molecule has 1 saturated carbocycles. The predicted octanol–water partition coefficient (Wildman–Crippen LogP) is -2.08. The van der Waals surface area contributed by atoms with E-state index in [4.69, 9.17) is 15.2 Å². The number of aliphatic hydroxyl groups excluding tert-OH is 5. The van der Waals surface area contributed by atoms with Crippen LogP contribution >= 0.6 is 0 Å².